The zero-order valence-corrected chi connectivity index (χ0v) is 39.7. The highest BCUT2D eigenvalue weighted by Crippen LogP contribution is 2.31. The molecule has 0 saturated heterocycles. The standard InChI is InChI=1S/3C10H16N2.2C8H2N6O2/c3*1-5-6(2)10(12)8(4)7(3)9(5)11;2*9-1-3-4(2-10)12-6-5(11-3)7(15)14-8(16)13-6/h3*11-12H2,1-4H3;2*(H2,12,13,14,15,16). The molecule has 0 aliphatic carbocycles. The van der Waals surface area contributed by atoms with Crippen molar-refractivity contribution in [2.75, 3.05) is 34.4 Å². The van der Waals surface area contributed by atoms with E-state index in [9.17, 15) is 19.2 Å². The van der Waals surface area contributed by atoms with Crippen LogP contribution in [0.25, 0.3) is 22.3 Å². The summed E-state index contributed by atoms with van der Waals surface area (Å²) in [6, 6.07) is 6.57. The van der Waals surface area contributed by atoms with E-state index in [-0.39, 0.29) is 45.1 Å². The van der Waals surface area contributed by atoms with E-state index >= 15 is 0 Å². The Morgan fingerprint density at radius 3 is 0.676 bits per heavy atom. The van der Waals surface area contributed by atoms with Crippen molar-refractivity contribution in [1.29, 1.82) is 21.0 Å². The quantitative estimate of drug-likeness (QED) is 0.0968. The van der Waals surface area contributed by atoms with Gasteiger partial charge < -0.3 is 34.4 Å². The van der Waals surface area contributed by atoms with Gasteiger partial charge in [0.1, 0.15) is 24.3 Å². The Morgan fingerprint density at radius 1 is 0.324 bits per heavy atom. The van der Waals surface area contributed by atoms with Crippen LogP contribution < -0.4 is 56.9 Å². The van der Waals surface area contributed by atoms with Crippen molar-refractivity contribution in [2.24, 2.45) is 0 Å². The number of nitriles is 4. The van der Waals surface area contributed by atoms with E-state index in [1.165, 1.54) is 0 Å². The largest absolute Gasteiger partial charge is 0.398 e. The van der Waals surface area contributed by atoms with Crippen molar-refractivity contribution in [3.63, 3.8) is 0 Å². The molecule has 0 bridgehead atoms. The van der Waals surface area contributed by atoms with Crippen molar-refractivity contribution in [2.45, 2.75) is 83.1 Å². The van der Waals surface area contributed by atoms with Crippen molar-refractivity contribution in [3.05, 3.63) is 131 Å². The molecule has 4 aromatic heterocycles. The molecule has 350 valence electrons. The van der Waals surface area contributed by atoms with Crippen LogP contribution in [0.2, 0.25) is 0 Å². The van der Waals surface area contributed by atoms with Crippen LogP contribution >= 0.6 is 0 Å². The first-order valence-corrected chi connectivity index (χ1v) is 20.2. The first-order chi connectivity index (χ1) is 31.7. The van der Waals surface area contributed by atoms with Crippen LogP contribution in [0.4, 0.5) is 34.1 Å². The molecule has 0 spiro atoms. The molecular weight excluding hydrogens is 869 g/mol. The minimum absolute atomic E-state index is 0.121. The number of nitrogen functional groups attached to an aromatic ring is 6. The van der Waals surface area contributed by atoms with Gasteiger partial charge >= 0.3 is 11.4 Å². The van der Waals surface area contributed by atoms with Gasteiger partial charge in [-0.2, -0.15) is 21.0 Å². The average Bonchev–Trinajstić information content (AvgIpc) is 3.33. The molecule has 0 fully saturated rings. The Hall–Kier alpha value is -9.54. The van der Waals surface area contributed by atoms with Gasteiger partial charge in [0.05, 0.1) is 0 Å². The molecule has 0 atom stereocenters. The number of nitrogens with zero attached hydrogens (tertiary/aromatic N) is 8. The van der Waals surface area contributed by atoms with Crippen LogP contribution in [0.1, 0.15) is 89.5 Å². The number of hydrogen-bond donors (Lipinski definition) is 10. The molecule has 7 aromatic rings. The summed E-state index contributed by atoms with van der Waals surface area (Å²) in [5, 5.41) is 34.7. The molecule has 0 radical (unpaired) electrons. The fourth-order valence-corrected chi connectivity index (χ4v) is 6.39. The van der Waals surface area contributed by atoms with Gasteiger partial charge in [-0.15, -0.1) is 0 Å². The van der Waals surface area contributed by atoms with E-state index in [1.807, 2.05) is 93.1 Å². The lowest BCUT2D eigenvalue weighted by molar-refractivity contribution is 1.03. The second-order valence-corrected chi connectivity index (χ2v) is 15.5. The van der Waals surface area contributed by atoms with Crippen LogP contribution in [-0.2, 0) is 0 Å². The molecule has 0 unspecified atom stereocenters. The summed E-state index contributed by atoms with van der Waals surface area (Å²) in [4.78, 5) is 67.4. The molecule has 22 heteroatoms. The first kappa shape index (κ1) is 52.8. The second-order valence-electron chi connectivity index (χ2n) is 15.5. The summed E-state index contributed by atoms with van der Waals surface area (Å²) in [5.41, 5.74) is 49.3. The van der Waals surface area contributed by atoms with Gasteiger partial charge in [0.2, 0.25) is 0 Å². The number of aromatic nitrogens is 8. The number of nitrogens with one attached hydrogen (secondary N) is 4. The van der Waals surface area contributed by atoms with Crippen LogP contribution in [0, 0.1) is 128 Å². The Bertz CT molecular complexity index is 2980. The normalized spacial score (nSPS) is 10.0. The smallest absolute Gasteiger partial charge is 0.327 e. The molecule has 3 aromatic carbocycles. The summed E-state index contributed by atoms with van der Waals surface area (Å²) in [6.45, 7) is 24.1. The lowest BCUT2D eigenvalue weighted by atomic mass is 9.97. The van der Waals surface area contributed by atoms with E-state index in [0.29, 0.717) is 0 Å². The number of hydrogen-bond acceptors (Lipinski definition) is 18. The Balaban J connectivity index is 0.000000227. The fraction of sp³-hybridized carbons (Fsp3) is 0.261. The molecule has 22 nitrogen and oxygen atoms in total. The predicted octanol–water partition coefficient (Wildman–Crippen LogP) is 3.75. The fourth-order valence-electron chi connectivity index (χ4n) is 6.39. The van der Waals surface area contributed by atoms with Gasteiger partial charge in [0.15, 0.2) is 45.1 Å². The summed E-state index contributed by atoms with van der Waals surface area (Å²) in [7, 11) is 0. The number of H-pyrrole nitrogens is 4. The SMILES string of the molecule is Cc1c(C)c(N)c(C)c(C)c1N.Cc1c(C)c(N)c(C)c(C)c1N.Cc1c(C)c(N)c(C)c(C)c1N.N#Cc1nc2[nH]c(=O)[nH]c(=O)c2nc1C#N.N#Cc1nc2[nH]c(=O)[nH]c(=O)c2nc1C#N. The zero-order valence-electron chi connectivity index (χ0n) is 39.7. The second kappa shape index (κ2) is 21.4. The third-order valence-electron chi connectivity index (χ3n) is 11.8. The number of aromatic amines is 4. The maximum atomic E-state index is 11.3. The molecule has 68 heavy (non-hydrogen) atoms. The Morgan fingerprint density at radius 2 is 0.500 bits per heavy atom. The molecule has 7 rings (SSSR count). The van der Waals surface area contributed by atoms with Gasteiger partial charge in [0.25, 0.3) is 11.1 Å². The molecule has 16 N–H and O–H groups in total. The summed E-state index contributed by atoms with van der Waals surface area (Å²) < 4.78 is 0. The van der Waals surface area contributed by atoms with Crippen LogP contribution in [-0.4, -0.2) is 39.9 Å². The minimum Gasteiger partial charge on any atom is -0.398 e. The highest BCUT2D eigenvalue weighted by molar-refractivity contribution is 5.73. The van der Waals surface area contributed by atoms with Gasteiger partial charge in [-0.3, -0.25) is 29.5 Å². The van der Waals surface area contributed by atoms with E-state index in [4.69, 9.17) is 55.4 Å². The first-order valence-electron chi connectivity index (χ1n) is 20.2. The van der Waals surface area contributed by atoms with Crippen molar-refractivity contribution >= 4 is 56.5 Å². The maximum absolute atomic E-state index is 11.3. The zero-order chi connectivity index (χ0) is 51.8. The van der Waals surface area contributed by atoms with E-state index < -0.39 is 22.5 Å². The van der Waals surface area contributed by atoms with Gasteiger partial charge in [-0.25, -0.2) is 29.5 Å². The highest BCUT2D eigenvalue weighted by Gasteiger charge is 2.14. The summed E-state index contributed by atoms with van der Waals surface area (Å²) >= 11 is 0. The van der Waals surface area contributed by atoms with Gasteiger partial charge in [-0.05, 0) is 150 Å². The molecule has 0 amide bonds. The summed E-state index contributed by atoms with van der Waals surface area (Å²) in [6.07, 6.45) is 0. The number of rotatable bonds is 0. The molecular formula is C46H52N18O4. The van der Waals surface area contributed by atoms with Crippen LogP contribution in [0.5, 0.6) is 0 Å². The number of anilines is 6. The predicted molar refractivity (Wildman–Crippen MR) is 263 cm³/mol. The van der Waals surface area contributed by atoms with Gasteiger partial charge in [0, 0.05) is 34.1 Å². The summed E-state index contributed by atoms with van der Waals surface area (Å²) in [5.74, 6) is 0. The van der Waals surface area contributed by atoms with Crippen LogP contribution in [0.3, 0.4) is 0 Å². The van der Waals surface area contributed by atoms with Crippen molar-refractivity contribution < 1.29 is 0 Å². The van der Waals surface area contributed by atoms with Gasteiger partial charge in [-0.1, -0.05) is 0 Å². The monoisotopic (exact) mass is 920 g/mol. The molecule has 0 saturated carbocycles. The number of nitrogens with two attached hydrogens (primary N) is 6. The molecule has 4 heterocycles. The lowest BCUT2D eigenvalue weighted by Crippen LogP contribution is -2.23. The maximum Gasteiger partial charge on any atom is 0.327 e. The third-order valence-corrected chi connectivity index (χ3v) is 11.8. The highest BCUT2D eigenvalue weighted by atomic mass is 16.2. The Labute approximate surface area is 389 Å². The van der Waals surface area contributed by atoms with Crippen molar-refractivity contribution in [1.82, 2.24) is 39.9 Å². The third kappa shape index (κ3) is 10.9. The van der Waals surface area contributed by atoms with Crippen LogP contribution in [0.15, 0.2) is 19.2 Å². The Kier molecular flexibility index (Phi) is 16.6. The number of benzene rings is 3. The van der Waals surface area contributed by atoms with E-state index in [1.54, 1.807) is 24.3 Å². The number of fused-ring (bicyclic) bond motifs is 2. The lowest BCUT2D eigenvalue weighted by Gasteiger charge is -2.14. The topological polar surface area (TPSA) is 434 Å². The van der Waals surface area contributed by atoms with Crippen molar-refractivity contribution in [3.8, 4) is 24.3 Å². The van der Waals surface area contributed by atoms with E-state index in [0.717, 1.165) is 101 Å². The average molecular weight is 921 g/mol. The minimum atomic E-state index is -0.757. The molecule has 0 aliphatic rings. The van der Waals surface area contributed by atoms with E-state index in [2.05, 4.69) is 29.9 Å². The molecule has 0 aliphatic heterocycles.